The van der Waals surface area contributed by atoms with Gasteiger partial charge in [-0.3, -0.25) is 5.32 Å². The molecule has 0 saturated heterocycles. The van der Waals surface area contributed by atoms with E-state index in [-0.39, 0.29) is 6.09 Å². The van der Waals surface area contributed by atoms with Crippen molar-refractivity contribution in [1.82, 2.24) is 0 Å². The normalized spacial score (nSPS) is 18.7. The maximum Gasteiger partial charge on any atom is 0.411 e. The number of rotatable bonds is 6. The second-order valence-corrected chi connectivity index (χ2v) is 10.1. The van der Waals surface area contributed by atoms with Gasteiger partial charge in [-0.2, -0.15) is 0 Å². The number of hydrogen-bond donors (Lipinski definition) is 1. The zero-order chi connectivity index (χ0) is 24.4. The van der Waals surface area contributed by atoms with Gasteiger partial charge < -0.3 is 9.64 Å². The summed E-state index contributed by atoms with van der Waals surface area (Å²) in [6, 6.07) is 22.3. The van der Waals surface area contributed by atoms with Crippen molar-refractivity contribution in [3.8, 4) is 0 Å². The average molecular weight is 469 g/mol. The predicted octanol–water partition coefficient (Wildman–Crippen LogP) is 7.53. The van der Waals surface area contributed by atoms with Crippen molar-refractivity contribution in [2.75, 3.05) is 29.9 Å². The molecular formula is C31H36N2O2. The fourth-order valence-electron chi connectivity index (χ4n) is 5.62. The van der Waals surface area contributed by atoms with Crippen LogP contribution < -0.4 is 10.2 Å². The van der Waals surface area contributed by atoms with Gasteiger partial charge in [-0.05, 0) is 67.5 Å². The molecule has 2 unspecified atom stereocenters. The Morgan fingerprint density at radius 1 is 0.886 bits per heavy atom. The van der Waals surface area contributed by atoms with Crippen molar-refractivity contribution in [1.29, 1.82) is 0 Å². The van der Waals surface area contributed by atoms with Gasteiger partial charge in [-0.15, -0.1) is 0 Å². The molecule has 2 aliphatic rings. The number of benzene rings is 3. The number of amides is 1. The lowest BCUT2D eigenvalue weighted by molar-refractivity contribution is 0.160. The Balaban J connectivity index is 1.58. The molecule has 5 rings (SSSR count). The topological polar surface area (TPSA) is 41.6 Å². The molecule has 0 spiro atoms. The number of aryl methyl sites for hydroxylation is 2. The second kappa shape index (κ2) is 10.2. The number of nitrogens with one attached hydrogen (secondary N) is 1. The minimum atomic E-state index is -0.368. The van der Waals surface area contributed by atoms with Gasteiger partial charge in [0.1, 0.15) is 0 Å². The number of anilines is 2. The van der Waals surface area contributed by atoms with Crippen molar-refractivity contribution >= 4 is 17.5 Å². The van der Waals surface area contributed by atoms with Gasteiger partial charge in [0.2, 0.25) is 0 Å². The van der Waals surface area contributed by atoms with Crippen LogP contribution in [0.3, 0.4) is 0 Å². The lowest BCUT2D eigenvalue weighted by Crippen LogP contribution is -2.37. The predicted molar refractivity (Wildman–Crippen MR) is 144 cm³/mol. The molecule has 0 aromatic heterocycles. The van der Waals surface area contributed by atoms with E-state index in [1.54, 1.807) is 0 Å². The Bertz CT molecular complexity index is 1110. The third-order valence-corrected chi connectivity index (χ3v) is 7.55. The minimum absolute atomic E-state index is 0.315. The summed E-state index contributed by atoms with van der Waals surface area (Å²) in [5.41, 5.74) is 10.1. The van der Waals surface area contributed by atoms with E-state index in [9.17, 15) is 4.79 Å². The summed E-state index contributed by atoms with van der Waals surface area (Å²) < 4.78 is 5.43. The van der Waals surface area contributed by atoms with E-state index >= 15 is 0 Å². The van der Waals surface area contributed by atoms with E-state index in [1.165, 1.54) is 39.1 Å². The first kappa shape index (κ1) is 23.5. The average Bonchev–Trinajstić information content (AvgIpc) is 2.86. The van der Waals surface area contributed by atoms with Gasteiger partial charge >= 0.3 is 6.09 Å². The second-order valence-electron chi connectivity index (χ2n) is 10.1. The maximum atomic E-state index is 12.6. The first-order valence-electron chi connectivity index (χ1n) is 13.0. The van der Waals surface area contributed by atoms with Gasteiger partial charge in [0.05, 0.1) is 6.61 Å². The highest BCUT2D eigenvalue weighted by molar-refractivity contribution is 5.86. The van der Waals surface area contributed by atoms with Crippen LogP contribution in [-0.4, -0.2) is 25.8 Å². The van der Waals surface area contributed by atoms with E-state index in [1.807, 2.05) is 0 Å². The highest BCUT2D eigenvalue weighted by atomic mass is 16.5. The molecule has 2 aliphatic heterocycles. The monoisotopic (exact) mass is 468 g/mol. The smallest absolute Gasteiger partial charge is 0.411 e. The third kappa shape index (κ3) is 4.93. The van der Waals surface area contributed by atoms with Gasteiger partial charge in [0, 0.05) is 36.3 Å². The first-order valence-corrected chi connectivity index (χ1v) is 13.0. The zero-order valence-electron chi connectivity index (χ0n) is 21.1. The van der Waals surface area contributed by atoms with E-state index < -0.39 is 0 Å². The number of nitrogens with zero attached hydrogens (tertiary/aromatic N) is 1. The lowest BCUT2D eigenvalue weighted by Gasteiger charge is -2.43. The van der Waals surface area contributed by atoms with Crippen LogP contribution in [0.15, 0.2) is 60.7 Å². The van der Waals surface area contributed by atoms with Crippen molar-refractivity contribution in [3.63, 3.8) is 0 Å². The lowest BCUT2D eigenvalue weighted by atomic mass is 9.76. The molecule has 3 aromatic carbocycles. The van der Waals surface area contributed by atoms with Crippen molar-refractivity contribution < 1.29 is 9.53 Å². The number of ether oxygens (including phenoxy) is 1. The molecule has 0 aliphatic carbocycles. The molecule has 1 amide bonds. The van der Waals surface area contributed by atoms with Crippen LogP contribution in [-0.2, 0) is 4.74 Å². The SMILES string of the molecule is CCCCOC(=O)Nc1cc2c3c(c1)C(c1ccc(C)cc1)CCN3CCC2c1ccc(C)cc1. The minimum Gasteiger partial charge on any atom is -0.449 e. The Labute approximate surface area is 209 Å². The molecule has 4 heteroatoms. The summed E-state index contributed by atoms with van der Waals surface area (Å²) in [5, 5.41) is 3.05. The number of carbonyl (C=O) groups excluding carboxylic acids is 1. The highest BCUT2D eigenvalue weighted by Crippen LogP contribution is 2.49. The molecule has 1 N–H and O–H groups in total. The number of carbonyl (C=O) groups is 1. The van der Waals surface area contributed by atoms with Gasteiger partial charge in [-0.25, -0.2) is 4.79 Å². The van der Waals surface area contributed by atoms with Crippen molar-refractivity contribution in [3.05, 3.63) is 94.0 Å². The van der Waals surface area contributed by atoms with E-state index in [0.717, 1.165) is 44.5 Å². The largest absolute Gasteiger partial charge is 0.449 e. The van der Waals surface area contributed by atoms with Crippen LogP contribution >= 0.6 is 0 Å². The molecule has 35 heavy (non-hydrogen) atoms. The third-order valence-electron chi connectivity index (χ3n) is 7.55. The van der Waals surface area contributed by atoms with Gasteiger partial charge in [0.15, 0.2) is 0 Å². The quantitative estimate of drug-likeness (QED) is 0.380. The zero-order valence-corrected chi connectivity index (χ0v) is 21.1. The summed E-state index contributed by atoms with van der Waals surface area (Å²) in [4.78, 5) is 15.1. The molecule has 3 aromatic rings. The molecule has 0 fully saturated rings. The fourth-order valence-corrected chi connectivity index (χ4v) is 5.62. The Kier molecular flexibility index (Phi) is 6.81. The number of unbranched alkanes of at least 4 members (excludes halogenated alkanes) is 1. The van der Waals surface area contributed by atoms with E-state index in [4.69, 9.17) is 4.74 Å². The fraction of sp³-hybridized carbons (Fsp3) is 0.387. The van der Waals surface area contributed by atoms with E-state index in [2.05, 4.69) is 91.7 Å². The van der Waals surface area contributed by atoms with Crippen LogP contribution in [0, 0.1) is 13.8 Å². The van der Waals surface area contributed by atoms with Gasteiger partial charge in [0.25, 0.3) is 0 Å². The Hall–Kier alpha value is -3.27. The first-order chi connectivity index (χ1) is 17.0. The Morgan fingerprint density at radius 2 is 1.40 bits per heavy atom. The molecule has 2 atom stereocenters. The standard InChI is InChI=1S/C31H36N2O2/c1-4-5-18-35-31(34)32-25-19-28-26(23-10-6-21(2)7-11-23)14-16-33-17-15-27(29(20-25)30(28)33)24-12-8-22(3)9-13-24/h6-13,19-20,26-27H,4-5,14-18H2,1-3H3,(H,32,34). The number of hydrogen-bond acceptors (Lipinski definition) is 3. The molecule has 0 saturated carbocycles. The molecule has 2 heterocycles. The van der Waals surface area contributed by atoms with Crippen LogP contribution in [0.5, 0.6) is 0 Å². The van der Waals surface area contributed by atoms with E-state index in [0.29, 0.717) is 18.4 Å². The highest BCUT2D eigenvalue weighted by Gasteiger charge is 2.35. The summed E-state index contributed by atoms with van der Waals surface area (Å²) in [6.07, 6.45) is 3.67. The molecule has 4 nitrogen and oxygen atoms in total. The van der Waals surface area contributed by atoms with Crippen LogP contribution in [0.4, 0.5) is 16.2 Å². The summed E-state index contributed by atoms with van der Waals surface area (Å²) >= 11 is 0. The summed E-state index contributed by atoms with van der Waals surface area (Å²) in [6.45, 7) is 8.93. The van der Waals surface area contributed by atoms with Crippen LogP contribution in [0.2, 0.25) is 0 Å². The van der Waals surface area contributed by atoms with Crippen molar-refractivity contribution in [2.45, 2.75) is 58.3 Å². The summed E-state index contributed by atoms with van der Waals surface area (Å²) in [5.74, 6) is 0.630. The van der Waals surface area contributed by atoms with Crippen LogP contribution in [0.1, 0.15) is 77.8 Å². The van der Waals surface area contributed by atoms with Gasteiger partial charge in [-0.1, -0.05) is 73.0 Å². The van der Waals surface area contributed by atoms with Crippen molar-refractivity contribution in [2.24, 2.45) is 0 Å². The summed E-state index contributed by atoms with van der Waals surface area (Å²) in [7, 11) is 0. The molecule has 182 valence electrons. The Morgan fingerprint density at radius 3 is 1.89 bits per heavy atom. The maximum absolute atomic E-state index is 12.6. The molecular weight excluding hydrogens is 432 g/mol. The molecule has 0 radical (unpaired) electrons. The van der Waals surface area contributed by atoms with Crippen LogP contribution in [0.25, 0.3) is 0 Å². The molecule has 0 bridgehead atoms.